The summed E-state index contributed by atoms with van der Waals surface area (Å²) in [7, 11) is -3.04. The quantitative estimate of drug-likeness (QED) is 0.598. The molecule has 1 atom stereocenters. The van der Waals surface area contributed by atoms with Crippen LogP contribution in [0, 0.1) is 11.8 Å². The van der Waals surface area contributed by atoms with Gasteiger partial charge in [0.05, 0.1) is 15.3 Å². The predicted octanol–water partition coefficient (Wildman–Crippen LogP) is 4.39. The van der Waals surface area contributed by atoms with Crippen LogP contribution in [0.2, 0.25) is 5.02 Å². The largest absolute Gasteiger partial charge is 0.326 e. The molecule has 156 valence electrons. The van der Waals surface area contributed by atoms with E-state index in [0.717, 1.165) is 5.56 Å². The van der Waals surface area contributed by atoms with Gasteiger partial charge in [-0.3, -0.25) is 14.6 Å². The Morgan fingerprint density at radius 3 is 2.52 bits per heavy atom. The van der Waals surface area contributed by atoms with E-state index in [-0.39, 0.29) is 11.5 Å². The van der Waals surface area contributed by atoms with Gasteiger partial charge in [0, 0.05) is 52.3 Å². The van der Waals surface area contributed by atoms with Gasteiger partial charge in [-0.05, 0) is 42.5 Å². The summed E-state index contributed by atoms with van der Waals surface area (Å²) in [5.74, 6) is 4.96. The van der Waals surface area contributed by atoms with Crippen molar-refractivity contribution in [3.8, 4) is 11.8 Å². The number of aromatic nitrogens is 1. The number of halogens is 1. The number of hydrogen-bond acceptors (Lipinski definition) is 4. The molecule has 0 aliphatic heterocycles. The SMILES string of the molecule is CC(=O)Nc1cccc(S(C)(=O)=NC(=O)c2cncc(C#Cc3cccc(Cl)c3)c2)c1. The molecule has 6 nitrogen and oxygen atoms in total. The molecule has 31 heavy (non-hydrogen) atoms. The lowest BCUT2D eigenvalue weighted by Crippen LogP contribution is -2.08. The minimum absolute atomic E-state index is 0.172. The fraction of sp³-hybridized carbons (Fsp3) is 0.0870. The molecule has 8 heteroatoms. The summed E-state index contributed by atoms with van der Waals surface area (Å²) in [5, 5.41) is 3.19. The molecule has 3 aromatic rings. The molecule has 2 aromatic carbocycles. The van der Waals surface area contributed by atoms with Crippen molar-refractivity contribution in [1.82, 2.24) is 4.98 Å². The van der Waals surface area contributed by atoms with Crippen LogP contribution in [0.3, 0.4) is 0 Å². The fourth-order valence-electron chi connectivity index (χ4n) is 2.61. The minimum Gasteiger partial charge on any atom is -0.326 e. The molecule has 0 saturated heterocycles. The second-order valence-electron chi connectivity index (χ2n) is 6.63. The van der Waals surface area contributed by atoms with E-state index in [4.69, 9.17) is 11.6 Å². The van der Waals surface area contributed by atoms with Crippen molar-refractivity contribution in [2.24, 2.45) is 4.36 Å². The maximum absolute atomic E-state index is 13.1. The van der Waals surface area contributed by atoms with Crippen LogP contribution >= 0.6 is 11.6 Å². The van der Waals surface area contributed by atoms with Crippen molar-refractivity contribution < 1.29 is 13.8 Å². The van der Waals surface area contributed by atoms with Crippen molar-refractivity contribution in [3.63, 3.8) is 0 Å². The van der Waals surface area contributed by atoms with Crippen LogP contribution in [0.5, 0.6) is 0 Å². The third-order valence-electron chi connectivity index (χ3n) is 4.01. The molecule has 1 N–H and O–H groups in total. The summed E-state index contributed by atoms with van der Waals surface area (Å²) >= 11 is 5.95. The first-order valence-electron chi connectivity index (χ1n) is 9.10. The van der Waals surface area contributed by atoms with Gasteiger partial charge >= 0.3 is 0 Å². The molecule has 1 unspecified atom stereocenters. The fourth-order valence-corrected chi connectivity index (χ4v) is 4.01. The van der Waals surface area contributed by atoms with E-state index in [2.05, 4.69) is 26.5 Å². The number of nitrogens with one attached hydrogen (secondary N) is 1. The zero-order chi connectivity index (χ0) is 22.4. The van der Waals surface area contributed by atoms with E-state index >= 15 is 0 Å². The zero-order valence-corrected chi connectivity index (χ0v) is 18.3. The zero-order valence-electron chi connectivity index (χ0n) is 16.8. The van der Waals surface area contributed by atoms with Gasteiger partial charge in [0.2, 0.25) is 5.91 Å². The van der Waals surface area contributed by atoms with Crippen LogP contribution < -0.4 is 5.32 Å². The molecule has 0 spiro atoms. The Balaban J connectivity index is 1.88. The smallest absolute Gasteiger partial charge is 0.286 e. The van der Waals surface area contributed by atoms with E-state index in [1.54, 1.807) is 42.5 Å². The number of carbonyl (C=O) groups is 2. The molecule has 0 fully saturated rings. The number of rotatable bonds is 3. The Hall–Kier alpha value is -3.47. The Morgan fingerprint density at radius 2 is 1.77 bits per heavy atom. The van der Waals surface area contributed by atoms with Gasteiger partial charge in [-0.25, -0.2) is 4.21 Å². The van der Waals surface area contributed by atoms with Crippen molar-refractivity contribution >= 4 is 38.8 Å². The van der Waals surface area contributed by atoms with Crippen LogP contribution in [0.1, 0.15) is 28.4 Å². The number of amides is 2. The molecular formula is C23H18ClN3O3S. The minimum atomic E-state index is -3.04. The van der Waals surface area contributed by atoms with Crippen molar-refractivity contribution in [1.29, 1.82) is 0 Å². The molecule has 0 aliphatic carbocycles. The molecular weight excluding hydrogens is 434 g/mol. The van der Waals surface area contributed by atoms with E-state index in [1.807, 2.05) is 6.07 Å². The Bertz CT molecular complexity index is 1350. The summed E-state index contributed by atoms with van der Waals surface area (Å²) in [6.45, 7) is 1.37. The highest BCUT2D eigenvalue weighted by molar-refractivity contribution is 7.93. The number of anilines is 1. The van der Waals surface area contributed by atoms with Crippen LogP contribution in [-0.2, 0) is 14.5 Å². The third kappa shape index (κ3) is 6.25. The van der Waals surface area contributed by atoms with Crippen molar-refractivity contribution in [3.05, 3.63) is 88.7 Å². The standard InChI is InChI=1S/C23H18ClN3O3S/c1-16(28)26-21-7-4-8-22(13-21)31(2,30)27-23(29)19-11-18(14-25-15-19)10-9-17-5-3-6-20(24)12-17/h3-8,11-15H,1-2H3,(H,26,28). The van der Waals surface area contributed by atoms with E-state index in [9.17, 15) is 13.8 Å². The van der Waals surface area contributed by atoms with Crippen molar-refractivity contribution in [2.75, 3.05) is 11.6 Å². The van der Waals surface area contributed by atoms with Crippen LogP contribution in [0.4, 0.5) is 5.69 Å². The lowest BCUT2D eigenvalue weighted by molar-refractivity contribution is -0.114. The summed E-state index contributed by atoms with van der Waals surface area (Å²) in [5.41, 5.74) is 1.88. The van der Waals surface area contributed by atoms with Gasteiger partial charge in [0.25, 0.3) is 5.91 Å². The monoisotopic (exact) mass is 451 g/mol. The van der Waals surface area contributed by atoms with E-state index < -0.39 is 15.6 Å². The second kappa shape index (κ2) is 9.56. The molecule has 1 aromatic heterocycles. The number of pyridine rings is 1. The topological polar surface area (TPSA) is 88.5 Å². The van der Waals surface area contributed by atoms with Gasteiger partial charge in [-0.15, -0.1) is 0 Å². The average Bonchev–Trinajstić information content (AvgIpc) is 2.72. The van der Waals surface area contributed by atoms with Gasteiger partial charge < -0.3 is 5.32 Å². The summed E-state index contributed by atoms with van der Waals surface area (Å²) in [4.78, 5) is 28.3. The first kappa shape index (κ1) is 22.2. The predicted molar refractivity (Wildman–Crippen MR) is 122 cm³/mol. The first-order chi connectivity index (χ1) is 14.7. The molecule has 1 heterocycles. The second-order valence-corrected chi connectivity index (χ2v) is 9.33. The van der Waals surface area contributed by atoms with Crippen molar-refractivity contribution in [2.45, 2.75) is 11.8 Å². The van der Waals surface area contributed by atoms with Crippen LogP contribution in [-0.4, -0.2) is 27.3 Å². The summed E-state index contributed by atoms with van der Waals surface area (Å²) in [6.07, 6.45) is 4.24. The first-order valence-corrected chi connectivity index (χ1v) is 11.4. The lowest BCUT2D eigenvalue weighted by atomic mass is 10.1. The maximum Gasteiger partial charge on any atom is 0.286 e. The highest BCUT2D eigenvalue weighted by Crippen LogP contribution is 2.18. The number of hydrogen-bond donors (Lipinski definition) is 1. The van der Waals surface area contributed by atoms with Crippen LogP contribution in [0.25, 0.3) is 0 Å². The van der Waals surface area contributed by atoms with Crippen LogP contribution in [0.15, 0.2) is 76.2 Å². The molecule has 3 rings (SSSR count). The van der Waals surface area contributed by atoms with Gasteiger partial charge in [-0.1, -0.05) is 35.6 Å². The average molecular weight is 452 g/mol. The highest BCUT2D eigenvalue weighted by atomic mass is 35.5. The maximum atomic E-state index is 13.1. The number of nitrogens with zero attached hydrogens (tertiary/aromatic N) is 2. The number of benzene rings is 2. The van der Waals surface area contributed by atoms with Gasteiger partial charge in [-0.2, -0.15) is 4.36 Å². The summed E-state index contributed by atoms with van der Waals surface area (Å²) in [6, 6.07) is 15.1. The highest BCUT2D eigenvalue weighted by Gasteiger charge is 2.13. The molecule has 0 bridgehead atoms. The molecule has 2 amide bonds. The van der Waals surface area contributed by atoms with E-state index in [0.29, 0.717) is 21.2 Å². The van der Waals surface area contributed by atoms with Gasteiger partial charge in [0.15, 0.2) is 0 Å². The Morgan fingerprint density at radius 1 is 1.03 bits per heavy atom. The molecule has 0 aliphatic rings. The Labute approximate surface area is 185 Å². The Kier molecular flexibility index (Phi) is 6.85. The number of carbonyl (C=O) groups excluding carboxylic acids is 2. The molecule has 0 radical (unpaired) electrons. The normalized spacial score (nSPS) is 12.1. The lowest BCUT2D eigenvalue weighted by Gasteiger charge is -2.07. The molecule has 0 saturated carbocycles. The summed E-state index contributed by atoms with van der Waals surface area (Å²) < 4.78 is 17.0. The third-order valence-corrected chi connectivity index (χ3v) is 5.89. The van der Waals surface area contributed by atoms with Gasteiger partial charge in [0.1, 0.15) is 0 Å². The van der Waals surface area contributed by atoms with E-state index in [1.165, 1.54) is 31.6 Å².